The number of rotatable bonds is 7. The number of aromatic nitrogens is 2. The van der Waals surface area contributed by atoms with Crippen molar-refractivity contribution in [1.82, 2.24) is 15.0 Å². The molecule has 0 atom stereocenters. The molecule has 6 heteroatoms. The van der Waals surface area contributed by atoms with E-state index >= 15 is 0 Å². The van der Waals surface area contributed by atoms with E-state index in [1.165, 1.54) is 12.1 Å². The van der Waals surface area contributed by atoms with Crippen LogP contribution in [0.4, 0.5) is 4.39 Å². The van der Waals surface area contributed by atoms with Crippen LogP contribution < -0.4 is 0 Å². The van der Waals surface area contributed by atoms with Gasteiger partial charge in [-0.25, -0.2) is 4.39 Å². The summed E-state index contributed by atoms with van der Waals surface area (Å²) in [5, 5.41) is 3.83. The van der Waals surface area contributed by atoms with Gasteiger partial charge in [0.1, 0.15) is 5.82 Å². The average molecular weight is 353 g/mol. The number of carbonyl (C=O) groups is 1. The number of nitrogens with zero attached hydrogens (tertiary/aromatic N) is 3. The Morgan fingerprint density at radius 2 is 1.88 bits per heavy atom. The molecule has 0 saturated carbocycles. The van der Waals surface area contributed by atoms with E-state index in [9.17, 15) is 9.18 Å². The molecule has 2 heterocycles. The van der Waals surface area contributed by atoms with Gasteiger partial charge in [-0.2, -0.15) is 0 Å². The van der Waals surface area contributed by atoms with Crippen LogP contribution in [-0.2, 0) is 17.8 Å². The van der Waals surface area contributed by atoms with Crippen LogP contribution >= 0.6 is 0 Å². The predicted molar refractivity (Wildman–Crippen MR) is 95.5 cm³/mol. The Kier molecular flexibility index (Phi) is 5.73. The molecule has 0 radical (unpaired) electrons. The van der Waals surface area contributed by atoms with Gasteiger partial charge in [0, 0.05) is 43.0 Å². The molecule has 0 saturated heterocycles. The monoisotopic (exact) mass is 353 g/mol. The summed E-state index contributed by atoms with van der Waals surface area (Å²) in [6.07, 6.45) is 5.93. The summed E-state index contributed by atoms with van der Waals surface area (Å²) in [4.78, 5) is 18.4. The average Bonchev–Trinajstić information content (AvgIpc) is 3.14. The number of pyridine rings is 1. The van der Waals surface area contributed by atoms with Crippen molar-refractivity contribution < 1.29 is 13.7 Å². The highest BCUT2D eigenvalue weighted by atomic mass is 19.1. The first-order valence-corrected chi connectivity index (χ1v) is 8.53. The topological polar surface area (TPSA) is 59.2 Å². The maximum Gasteiger partial charge on any atom is 0.223 e. The Bertz CT molecular complexity index is 847. The van der Waals surface area contributed by atoms with E-state index in [2.05, 4.69) is 10.1 Å². The van der Waals surface area contributed by atoms with E-state index in [4.69, 9.17) is 4.52 Å². The molecule has 0 aliphatic rings. The first kappa shape index (κ1) is 17.8. The molecule has 0 N–H and O–H groups in total. The highest BCUT2D eigenvalue weighted by Crippen LogP contribution is 2.25. The summed E-state index contributed by atoms with van der Waals surface area (Å²) in [7, 11) is 0. The van der Waals surface area contributed by atoms with Crippen LogP contribution in [0.15, 0.2) is 59.5 Å². The van der Waals surface area contributed by atoms with Crippen LogP contribution in [0.3, 0.4) is 0 Å². The first-order chi connectivity index (χ1) is 12.7. The lowest BCUT2D eigenvalue weighted by molar-refractivity contribution is -0.131. The normalized spacial score (nSPS) is 10.7. The summed E-state index contributed by atoms with van der Waals surface area (Å²) in [5.41, 5.74) is 2.63. The fraction of sp³-hybridized carbons (Fsp3) is 0.250. The molecule has 2 aromatic heterocycles. The number of carbonyl (C=O) groups excluding carboxylic acids is 1. The van der Waals surface area contributed by atoms with Crippen LogP contribution in [0.1, 0.15) is 24.5 Å². The third kappa shape index (κ3) is 4.33. The van der Waals surface area contributed by atoms with E-state index in [-0.39, 0.29) is 11.7 Å². The second-order valence-electron chi connectivity index (χ2n) is 5.95. The van der Waals surface area contributed by atoms with E-state index in [0.717, 1.165) is 16.7 Å². The predicted octanol–water partition coefficient (Wildman–Crippen LogP) is 3.86. The fourth-order valence-electron chi connectivity index (χ4n) is 2.76. The van der Waals surface area contributed by atoms with Gasteiger partial charge in [-0.05, 0) is 55.3 Å². The molecular weight excluding hydrogens is 333 g/mol. The highest BCUT2D eigenvalue weighted by molar-refractivity contribution is 5.76. The number of hydrogen-bond donors (Lipinski definition) is 0. The molecule has 0 spiro atoms. The van der Waals surface area contributed by atoms with Gasteiger partial charge in [0.2, 0.25) is 5.91 Å². The summed E-state index contributed by atoms with van der Waals surface area (Å²) in [6.45, 7) is 3.16. The lowest BCUT2D eigenvalue weighted by Gasteiger charge is -2.21. The van der Waals surface area contributed by atoms with Crippen LogP contribution in [0.25, 0.3) is 11.3 Å². The van der Waals surface area contributed by atoms with Gasteiger partial charge in [-0.15, -0.1) is 0 Å². The molecule has 1 aromatic carbocycles. The number of benzene rings is 1. The van der Waals surface area contributed by atoms with Gasteiger partial charge in [0.05, 0.1) is 6.20 Å². The Morgan fingerprint density at radius 3 is 2.58 bits per heavy atom. The number of amides is 1. The van der Waals surface area contributed by atoms with Crippen molar-refractivity contribution >= 4 is 5.91 Å². The van der Waals surface area contributed by atoms with Crippen LogP contribution in [0.2, 0.25) is 0 Å². The quantitative estimate of drug-likeness (QED) is 0.647. The van der Waals surface area contributed by atoms with Gasteiger partial charge in [-0.1, -0.05) is 5.16 Å². The largest absolute Gasteiger partial charge is 0.356 e. The minimum atomic E-state index is -0.306. The first-order valence-electron chi connectivity index (χ1n) is 8.53. The summed E-state index contributed by atoms with van der Waals surface area (Å²) < 4.78 is 18.4. The third-order valence-corrected chi connectivity index (χ3v) is 4.22. The zero-order valence-electron chi connectivity index (χ0n) is 14.6. The van der Waals surface area contributed by atoms with Crippen molar-refractivity contribution in [2.75, 3.05) is 6.54 Å². The second kappa shape index (κ2) is 8.38. The van der Waals surface area contributed by atoms with E-state index in [0.29, 0.717) is 31.7 Å². The maximum absolute atomic E-state index is 13.1. The van der Waals surface area contributed by atoms with Crippen LogP contribution in [-0.4, -0.2) is 27.5 Å². The number of halogens is 1. The van der Waals surface area contributed by atoms with E-state index < -0.39 is 0 Å². The molecule has 1 amide bonds. The van der Waals surface area contributed by atoms with Gasteiger partial charge in [0.25, 0.3) is 0 Å². The molecule has 0 aliphatic carbocycles. The van der Waals surface area contributed by atoms with Crippen molar-refractivity contribution in [3.8, 4) is 11.3 Å². The van der Waals surface area contributed by atoms with Gasteiger partial charge in [-0.3, -0.25) is 9.78 Å². The minimum Gasteiger partial charge on any atom is -0.356 e. The number of hydrogen-bond acceptors (Lipinski definition) is 4. The molecule has 26 heavy (non-hydrogen) atoms. The Balaban J connectivity index is 1.64. The van der Waals surface area contributed by atoms with Gasteiger partial charge >= 0.3 is 0 Å². The molecule has 0 unspecified atom stereocenters. The van der Waals surface area contributed by atoms with Crippen molar-refractivity contribution in [3.05, 3.63) is 71.9 Å². The Morgan fingerprint density at radius 1 is 1.15 bits per heavy atom. The third-order valence-electron chi connectivity index (χ3n) is 4.22. The molecule has 134 valence electrons. The zero-order chi connectivity index (χ0) is 18.4. The SMILES string of the molecule is CCN(Cc1ccncc1)C(=O)CCc1cnoc1-c1ccc(F)cc1. The highest BCUT2D eigenvalue weighted by Gasteiger charge is 2.16. The molecule has 0 bridgehead atoms. The van der Waals surface area contributed by atoms with E-state index in [1.807, 2.05) is 19.1 Å². The molecular formula is C20H20FN3O2. The van der Waals surface area contributed by atoms with Gasteiger partial charge < -0.3 is 9.42 Å². The second-order valence-corrected chi connectivity index (χ2v) is 5.95. The van der Waals surface area contributed by atoms with E-state index in [1.54, 1.807) is 35.6 Å². The molecule has 5 nitrogen and oxygen atoms in total. The van der Waals surface area contributed by atoms with Gasteiger partial charge in [0.15, 0.2) is 5.76 Å². The lowest BCUT2D eigenvalue weighted by Crippen LogP contribution is -2.30. The van der Waals surface area contributed by atoms with Crippen molar-refractivity contribution in [3.63, 3.8) is 0 Å². The lowest BCUT2D eigenvalue weighted by atomic mass is 10.0. The minimum absolute atomic E-state index is 0.0653. The molecule has 3 rings (SSSR count). The van der Waals surface area contributed by atoms with Crippen molar-refractivity contribution in [1.29, 1.82) is 0 Å². The summed E-state index contributed by atoms with van der Waals surface area (Å²) in [6, 6.07) is 9.84. The Labute approximate surface area is 151 Å². The molecule has 0 aliphatic heterocycles. The fourth-order valence-corrected chi connectivity index (χ4v) is 2.76. The Hall–Kier alpha value is -3.02. The smallest absolute Gasteiger partial charge is 0.223 e. The standard InChI is InChI=1S/C20H20FN3O2/c1-2-24(14-15-9-11-22-12-10-15)19(25)8-5-17-13-23-26-20(17)16-3-6-18(21)7-4-16/h3-4,6-7,9-13H,2,5,8,14H2,1H3. The summed E-state index contributed by atoms with van der Waals surface area (Å²) >= 11 is 0. The maximum atomic E-state index is 13.1. The van der Waals surface area contributed by atoms with Crippen molar-refractivity contribution in [2.24, 2.45) is 0 Å². The summed E-state index contributed by atoms with van der Waals surface area (Å²) in [5.74, 6) is 0.338. The zero-order valence-corrected chi connectivity index (χ0v) is 14.6. The number of aryl methyl sites for hydroxylation is 1. The molecule has 0 fully saturated rings. The van der Waals surface area contributed by atoms with Crippen molar-refractivity contribution in [2.45, 2.75) is 26.3 Å². The van der Waals surface area contributed by atoms with Crippen LogP contribution in [0, 0.1) is 5.82 Å². The van der Waals surface area contributed by atoms with Crippen LogP contribution in [0.5, 0.6) is 0 Å². The molecule has 3 aromatic rings.